The van der Waals surface area contributed by atoms with Gasteiger partial charge in [0.25, 0.3) is 5.91 Å². The molecule has 5 nitrogen and oxygen atoms in total. The summed E-state index contributed by atoms with van der Waals surface area (Å²) in [6, 6.07) is 13.3. The van der Waals surface area contributed by atoms with Gasteiger partial charge in [-0.25, -0.2) is 4.98 Å². The van der Waals surface area contributed by atoms with Crippen LogP contribution in [-0.2, 0) is 4.79 Å². The second-order valence-electron chi connectivity index (χ2n) is 5.81. The Morgan fingerprint density at radius 1 is 1.16 bits per heavy atom. The molecule has 0 aliphatic carbocycles. The zero-order valence-corrected chi connectivity index (χ0v) is 14.9. The minimum absolute atomic E-state index is 0.0456. The Kier molecular flexibility index (Phi) is 5.00. The molecule has 0 atom stereocenters. The molecule has 3 N–H and O–H groups in total. The standard InChI is InChI=1S/C19H19N3O2S/c1-12-7-13(2)9-15(8-12)21-18(23)10-24-16-5-3-14(4-6-16)17-11-25-19(20)22-17/h3-9,11H,10H2,1-2H3,(H2,20,22)(H,21,23). The maximum atomic E-state index is 12.0. The van der Waals surface area contributed by atoms with Gasteiger partial charge in [-0.2, -0.15) is 0 Å². The molecule has 0 saturated heterocycles. The number of nitrogens with zero attached hydrogens (tertiary/aromatic N) is 1. The number of nitrogens with two attached hydrogens (primary N) is 1. The van der Waals surface area contributed by atoms with Crippen molar-refractivity contribution in [1.82, 2.24) is 4.98 Å². The van der Waals surface area contributed by atoms with E-state index in [0.29, 0.717) is 10.9 Å². The third kappa shape index (κ3) is 4.58. The third-order valence-electron chi connectivity index (χ3n) is 3.55. The summed E-state index contributed by atoms with van der Waals surface area (Å²) in [6.07, 6.45) is 0. The molecule has 0 aliphatic rings. The third-order valence-corrected chi connectivity index (χ3v) is 4.22. The number of benzene rings is 2. The molecule has 1 amide bonds. The van der Waals surface area contributed by atoms with Crippen molar-refractivity contribution in [1.29, 1.82) is 0 Å². The van der Waals surface area contributed by atoms with Gasteiger partial charge in [0.05, 0.1) is 5.69 Å². The Morgan fingerprint density at radius 3 is 2.44 bits per heavy atom. The van der Waals surface area contributed by atoms with E-state index in [-0.39, 0.29) is 12.5 Å². The SMILES string of the molecule is Cc1cc(C)cc(NC(=O)COc2ccc(-c3csc(N)n3)cc2)c1. The first kappa shape index (κ1) is 17.0. The molecule has 0 unspecified atom stereocenters. The molecule has 0 fully saturated rings. The fourth-order valence-corrected chi connectivity index (χ4v) is 3.11. The van der Waals surface area contributed by atoms with Gasteiger partial charge in [-0.3, -0.25) is 4.79 Å². The van der Waals surface area contributed by atoms with Gasteiger partial charge in [-0.05, 0) is 61.4 Å². The number of thiazole rings is 1. The molecule has 128 valence electrons. The van der Waals surface area contributed by atoms with Crippen LogP contribution in [0.15, 0.2) is 47.8 Å². The van der Waals surface area contributed by atoms with Crippen molar-refractivity contribution < 1.29 is 9.53 Å². The first-order chi connectivity index (χ1) is 12.0. The number of aromatic nitrogens is 1. The molecule has 1 aromatic heterocycles. The number of carbonyl (C=O) groups is 1. The Hall–Kier alpha value is -2.86. The van der Waals surface area contributed by atoms with E-state index in [1.54, 1.807) is 0 Å². The summed E-state index contributed by atoms with van der Waals surface area (Å²) < 4.78 is 5.54. The zero-order valence-electron chi connectivity index (χ0n) is 14.1. The number of nitrogen functional groups attached to an aromatic ring is 1. The second kappa shape index (κ2) is 7.36. The molecule has 1 heterocycles. The lowest BCUT2D eigenvalue weighted by molar-refractivity contribution is -0.118. The van der Waals surface area contributed by atoms with Crippen molar-refractivity contribution in [3.63, 3.8) is 0 Å². The average molecular weight is 353 g/mol. The molecule has 3 aromatic rings. The van der Waals surface area contributed by atoms with Crippen molar-refractivity contribution in [2.45, 2.75) is 13.8 Å². The topological polar surface area (TPSA) is 77.2 Å². The maximum absolute atomic E-state index is 12.0. The number of nitrogens with one attached hydrogen (secondary N) is 1. The summed E-state index contributed by atoms with van der Waals surface area (Å²) in [6.45, 7) is 3.95. The number of amides is 1. The first-order valence-corrected chi connectivity index (χ1v) is 8.70. The second-order valence-corrected chi connectivity index (χ2v) is 6.70. The Morgan fingerprint density at radius 2 is 1.84 bits per heavy atom. The Bertz CT molecular complexity index is 868. The molecule has 0 bridgehead atoms. The predicted molar refractivity (Wildman–Crippen MR) is 102 cm³/mol. The molecule has 0 radical (unpaired) electrons. The van der Waals surface area contributed by atoms with Crippen LogP contribution in [0, 0.1) is 13.8 Å². The lowest BCUT2D eigenvalue weighted by atomic mass is 10.1. The van der Waals surface area contributed by atoms with Crippen LogP contribution in [-0.4, -0.2) is 17.5 Å². The lowest BCUT2D eigenvalue weighted by Gasteiger charge is -2.09. The lowest BCUT2D eigenvalue weighted by Crippen LogP contribution is -2.20. The highest BCUT2D eigenvalue weighted by Crippen LogP contribution is 2.25. The maximum Gasteiger partial charge on any atom is 0.262 e. The number of hydrogen-bond acceptors (Lipinski definition) is 5. The number of carbonyl (C=O) groups excluding carboxylic acids is 1. The average Bonchev–Trinajstić information content (AvgIpc) is 2.99. The van der Waals surface area contributed by atoms with Gasteiger partial charge in [0.2, 0.25) is 0 Å². The summed E-state index contributed by atoms with van der Waals surface area (Å²) >= 11 is 1.40. The highest BCUT2D eigenvalue weighted by Gasteiger charge is 2.06. The van der Waals surface area contributed by atoms with Crippen LogP contribution in [0.2, 0.25) is 0 Å². The molecule has 6 heteroatoms. The highest BCUT2D eigenvalue weighted by atomic mass is 32.1. The molecule has 0 spiro atoms. The van der Waals surface area contributed by atoms with E-state index in [2.05, 4.69) is 16.4 Å². The van der Waals surface area contributed by atoms with Crippen LogP contribution >= 0.6 is 11.3 Å². The monoisotopic (exact) mass is 353 g/mol. The van der Waals surface area contributed by atoms with Gasteiger partial charge in [-0.15, -0.1) is 11.3 Å². The van der Waals surface area contributed by atoms with E-state index in [1.807, 2.05) is 55.6 Å². The molecule has 0 aliphatic heterocycles. The summed E-state index contributed by atoms with van der Waals surface area (Å²) in [5.41, 5.74) is 10.4. The number of ether oxygens (including phenoxy) is 1. The quantitative estimate of drug-likeness (QED) is 0.726. The van der Waals surface area contributed by atoms with Crippen LogP contribution < -0.4 is 15.8 Å². The van der Waals surface area contributed by atoms with E-state index in [9.17, 15) is 4.79 Å². The van der Waals surface area contributed by atoms with E-state index in [1.165, 1.54) is 11.3 Å². The van der Waals surface area contributed by atoms with Crippen molar-refractivity contribution in [2.24, 2.45) is 0 Å². The Balaban J connectivity index is 1.56. The van der Waals surface area contributed by atoms with Crippen LogP contribution in [0.5, 0.6) is 5.75 Å². The number of rotatable bonds is 5. The van der Waals surface area contributed by atoms with Crippen LogP contribution in [0.25, 0.3) is 11.3 Å². The van der Waals surface area contributed by atoms with Gasteiger partial charge in [0.1, 0.15) is 5.75 Å². The van der Waals surface area contributed by atoms with Crippen LogP contribution in [0.4, 0.5) is 10.8 Å². The highest BCUT2D eigenvalue weighted by molar-refractivity contribution is 7.13. The summed E-state index contributed by atoms with van der Waals surface area (Å²) in [5, 5.41) is 5.29. The Labute approximate surface area is 150 Å². The molecule has 2 aromatic carbocycles. The van der Waals surface area contributed by atoms with Gasteiger partial charge in [-0.1, -0.05) is 6.07 Å². The minimum Gasteiger partial charge on any atom is -0.484 e. The van der Waals surface area contributed by atoms with E-state index < -0.39 is 0 Å². The van der Waals surface area contributed by atoms with E-state index in [4.69, 9.17) is 10.5 Å². The van der Waals surface area contributed by atoms with Gasteiger partial charge >= 0.3 is 0 Å². The van der Waals surface area contributed by atoms with Crippen LogP contribution in [0.1, 0.15) is 11.1 Å². The van der Waals surface area contributed by atoms with Crippen molar-refractivity contribution in [3.05, 3.63) is 59.0 Å². The molecule has 25 heavy (non-hydrogen) atoms. The number of anilines is 2. The molecular weight excluding hydrogens is 334 g/mol. The largest absolute Gasteiger partial charge is 0.484 e. The fourth-order valence-electron chi connectivity index (χ4n) is 2.53. The fraction of sp³-hybridized carbons (Fsp3) is 0.158. The number of hydrogen-bond donors (Lipinski definition) is 2. The van der Waals surface area contributed by atoms with Gasteiger partial charge < -0.3 is 15.8 Å². The predicted octanol–water partition coefficient (Wildman–Crippen LogP) is 4.03. The van der Waals surface area contributed by atoms with E-state index in [0.717, 1.165) is 28.1 Å². The van der Waals surface area contributed by atoms with Gasteiger partial charge in [0.15, 0.2) is 11.7 Å². The zero-order chi connectivity index (χ0) is 17.8. The van der Waals surface area contributed by atoms with Crippen LogP contribution in [0.3, 0.4) is 0 Å². The molecule has 3 rings (SSSR count). The summed E-state index contributed by atoms with van der Waals surface area (Å²) in [5.74, 6) is 0.434. The summed E-state index contributed by atoms with van der Waals surface area (Å²) in [4.78, 5) is 16.3. The molecular formula is C19H19N3O2S. The van der Waals surface area contributed by atoms with Gasteiger partial charge in [0, 0.05) is 16.6 Å². The van der Waals surface area contributed by atoms with Crippen molar-refractivity contribution in [2.75, 3.05) is 17.7 Å². The smallest absolute Gasteiger partial charge is 0.262 e. The summed E-state index contributed by atoms with van der Waals surface area (Å²) in [7, 11) is 0. The van der Waals surface area contributed by atoms with E-state index >= 15 is 0 Å². The molecule has 0 saturated carbocycles. The van der Waals surface area contributed by atoms with Crippen molar-refractivity contribution >= 4 is 28.1 Å². The normalized spacial score (nSPS) is 10.5. The number of aryl methyl sites for hydroxylation is 2. The minimum atomic E-state index is -0.193. The first-order valence-electron chi connectivity index (χ1n) is 7.82. The van der Waals surface area contributed by atoms with Crippen molar-refractivity contribution in [3.8, 4) is 17.0 Å².